The number of nitrogens with one attached hydrogen (secondary N) is 1. The quantitative estimate of drug-likeness (QED) is 0.671. The van der Waals surface area contributed by atoms with Crippen molar-refractivity contribution in [3.05, 3.63) is 53.0 Å². The number of pyridine rings is 1. The third kappa shape index (κ3) is 1.59. The normalized spacial score (nSPS) is 10.8. The maximum atomic E-state index is 11.8. The van der Waals surface area contributed by atoms with E-state index >= 15 is 0 Å². The first-order chi connectivity index (χ1) is 8.24. The summed E-state index contributed by atoms with van der Waals surface area (Å²) in [5.41, 5.74) is 0.378. The first kappa shape index (κ1) is 9.72. The van der Waals surface area contributed by atoms with E-state index < -0.39 is 0 Å². The summed E-state index contributed by atoms with van der Waals surface area (Å²) in [6, 6.07) is 10.0. The van der Waals surface area contributed by atoms with E-state index in [9.17, 15) is 9.90 Å². The van der Waals surface area contributed by atoms with Crippen molar-refractivity contribution in [3.63, 3.8) is 0 Å². The minimum Gasteiger partial charge on any atom is -0.508 e. The second kappa shape index (κ2) is 3.52. The second-order valence-corrected chi connectivity index (χ2v) is 3.76. The third-order valence-electron chi connectivity index (χ3n) is 2.62. The summed E-state index contributed by atoms with van der Waals surface area (Å²) >= 11 is 0. The predicted molar refractivity (Wildman–Crippen MR) is 63.9 cm³/mol. The van der Waals surface area contributed by atoms with Crippen LogP contribution in [0.15, 0.2) is 51.9 Å². The molecule has 0 saturated carbocycles. The highest BCUT2D eigenvalue weighted by atomic mass is 16.3. The summed E-state index contributed by atoms with van der Waals surface area (Å²) in [6.07, 6.45) is 1.55. The van der Waals surface area contributed by atoms with Crippen molar-refractivity contribution in [1.82, 2.24) is 4.98 Å². The molecule has 0 bridgehead atoms. The van der Waals surface area contributed by atoms with E-state index in [2.05, 4.69) is 4.98 Å². The highest BCUT2D eigenvalue weighted by molar-refractivity contribution is 5.85. The molecule has 84 valence electrons. The van der Waals surface area contributed by atoms with Gasteiger partial charge in [0.15, 0.2) is 0 Å². The van der Waals surface area contributed by atoms with Crippen LogP contribution in [-0.2, 0) is 0 Å². The topological polar surface area (TPSA) is 66.2 Å². The van der Waals surface area contributed by atoms with Crippen LogP contribution in [0, 0.1) is 0 Å². The Hall–Kier alpha value is -2.49. The summed E-state index contributed by atoms with van der Waals surface area (Å²) in [5.74, 6) is 0.686. The summed E-state index contributed by atoms with van der Waals surface area (Å²) in [4.78, 5) is 14.6. The Balaban J connectivity index is 2.32. The number of H-pyrrole nitrogens is 1. The van der Waals surface area contributed by atoms with Gasteiger partial charge in [0.2, 0.25) is 0 Å². The molecule has 0 aliphatic heterocycles. The van der Waals surface area contributed by atoms with E-state index in [4.69, 9.17) is 4.42 Å². The van der Waals surface area contributed by atoms with Gasteiger partial charge in [-0.1, -0.05) is 6.07 Å². The SMILES string of the molecule is O=c1[nH]c(-c2ccco2)cc2ccc(O)cc12. The average molecular weight is 227 g/mol. The van der Waals surface area contributed by atoms with Crippen molar-refractivity contribution in [2.75, 3.05) is 0 Å². The Labute approximate surface area is 96.1 Å². The number of furan rings is 1. The molecule has 17 heavy (non-hydrogen) atoms. The van der Waals surface area contributed by atoms with Crippen molar-refractivity contribution in [2.24, 2.45) is 0 Å². The van der Waals surface area contributed by atoms with E-state index in [0.29, 0.717) is 16.8 Å². The van der Waals surface area contributed by atoms with Crippen molar-refractivity contribution in [1.29, 1.82) is 0 Å². The number of aromatic hydroxyl groups is 1. The lowest BCUT2D eigenvalue weighted by molar-refractivity contribution is 0.476. The van der Waals surface area contributed by atoms with Crippen LogP contribution in [0.25, 0.3) is 22.2 Å². The molecule has 0 aliphatic carbocycles. The molecule has 0 amide bonds. The van der Waals surface area contributed by atoms with E-state index in [1.807, 2.05) is 6.07 Å². The lowest BCUT2D eigenvalue weighted by Gasteiger charge is -2.01. The Morgan fingerprint density at radius 1 is 1.18 bits per heavy atom. The van der Waals surface area contributed by atoms with Gasteiger partial charge in [0, 0.05) is 0 Å². The van der Waals surface area contributed by atoms with Crippen LogP contribution in [0.4, 0.5) is 0 Å². The van der Waals surface area contributed by atoms with Gasteiger partial charge in [-0.25, -0.2) is 0 Å². The smallest absolute Gasteiger partial charge is 0.256 e. The van der Waals surface area contributed by atoms with Gasteiger partial charge in [-0.05, 0) is 35.7 Å². The number of rotatable bonds is 1. The Bertz CT molecular complexity index is 726. The molecule has 0 radical (unpaired) electrons. The lowest BCUT2D eigenvalue weighted by atomic mass is 10.1. The van der Waals surface area contributed by atoms with Crippen LogP contribution >= 0.6 is 0 Å². The van der Waals surface area contributed by atoms with Crippen molar-refractivity contribution in [3.8, 4) is 17.2 Å². The standard InChI is InChI=1S/C13H9NO3/c15-9-4-3-8-6-11(12-2-1-5-17-12)14-13(16)10(8)7-9/h1-7,15H,(H,14,16). The minimum absolute atomic E-state index is 0.0775. The maximum Gasteiger partial charge on any atom is 0.256 e. The first-order valence-electron chi connectivity index (χ1n) is 5.14. The molecule has 3 rings (SSSR count). The molecule has 0 spiro atoms. The summed E-state index contributed by atoms with van der Waals surface area (Å²) in [6.45, 7) is 0. The van der Waals surface area contributed by atoms with E-state index in [-0.39, 0.29) is 11.3 Å². The second-order valence-electron chi connectivity index (χ2n) is 3.76. The molecule has 4 heteroatoms. The van der Waals surface area contributed by atoms with Gasteiger partial charge in [-0.3, -0.25) is 4.79 Å². The van der Waals surface area contributed by atoms with E-state index in [1.165, 1.54) is 6.07 Å². The zero-order chi connectivity index (χ0) is 11.8. The molecule has 2 N–H and O–H groups in total. The molecule has 0 fully saturated rings. The molecule has 0 atom stereocenters. The fourth-order valence-electron chi connectivity index (χ4n) is 1.81. The largest absolute Gasteiger partial charge is 0.508 e. The first-order valence-corrected chi connectivity index (χ1v) is 5.14. The van der Waals surface area contributed by atoms with Crippen LogP contribution in [0.3, 0.4) is 0 Å². The molecule has 0 aliphatic rings. The molecule has 1 aromatic carbocycles. The molecular formula is C13H9NO3. The van der Waals surface area contributed by atoms with Gasteiger partial charge < -0.3 is 14.5 Å². The number of aromatic amines is 1. The van der Waals surface area contributed by atoms with E-state index in [1.54, 1.807) is 30.5 Å². The molecule has 0 unspecified atom stereocenters. The minimum atomic E-state index is -0.246. The zero-order valence-corrected chi connectivity index (χ0v) is 8.81. The predicted octanol–water partition coefficient (Wildman–Crippen LogP) is 2.49. The van der Waals surface area contributed by atoms with Crippen molar-refractivity contribution >= 4 is 10.8 Å². The monoisotopic (exact) mass is 227 g/mol. The number of hydrogen-bond acceptors (Lipinski definition) is 3. The molecular weight excluding hydrogens is 218 g/mol. The van der Waals surface area contributed by atoms with Crippen LogP contribution in [0.5, 0.6) is 5.75 Å². The number of fused-ring (bicyclic) bond motifs is 1. The van der Waals surface area contributed by atoms with Crippen LogP contribution in [0.1, 0.15) is 0 Å². The fraction of sp³-hybridized carbons (Fsp3) is 0. The third-order valence-corrected chi connectivity index (χ3v) is 2.62. The Kier molecular flexibility index (Phi) is 2.01. The Morgan fingerprint density at radius 3 is 2.82 bits per heavy atom. The summed E-state index contributed by atoms with van der Waals surface area (Å²) in [5, 5.41) is 10.6. The summed E-state index contributed by atoms with van der Waals surface area (Å²) in [7, 11) is 0. The molecule has 3 aromatic rings. The van der Waals surface area contributed by atoms with Gasteiger partial charge in [0.25, 0.3) is 5.56 Å². The Morgan fingerprint density at radius 2 is 2.06 bits per heavy atom. The number of phenols is 1. The number of hydrogen-bond donors (Lipinski definition) is 2. The lowest BCUT2D eigenvalue weighted by Crippen LogP contribution is -2.06. The number of benzene rings is 1. The van der Waals surface area contributed by atoms with Crippen molar-refractivity contribution in [2.45, 2.75) is 0 Å². The molecule has 2 heterocycles. The molecule has 0 saturated heterocycles. The van der Waals surface area contributed by atoms with Crippen LogP contribution in [0.2, 0.25) is 0 Å². The maximum absolute atomic E-state index is 11.8. The molecule has 2 aromatic heterocycles. The highest BCUT2D eigenvalue weighted by Gasteiger charge is 2.06. The van der Waals surface area contributed by atoms with Crippen LogP contribution in [-0.4, -0.2) is 10.1 Å². The van der Waals surface area contributed by atoms with Gasteiger partial charge in [-0.2, -0.15) is 0 Å². The van der Waals surface area contributed by atoms with Gasteiger partial charge in [0.1, 0.15) is 11.5 Å². The van der Waals surface area contributed by atoms with Gasteiger partial charge >= 0.3 is 0 Å². The average Bonchev–Trinajstić information content (AvgIpc) is 2.83. The summed E-state index contributed by atoms with van der Waals surface area (Å²) < 4.78 is 5.23. The molecule has 4 nitrogen and oxygen atoms in total. The number of aromatic nitrogens is 1. The van der Waals surface area contributed by atoms with E-state index in [0.717, 1.165) is 5.39 Å². The van der Waals surface area contributed by atoms with Crippen LogP contribution < -0.4 is 5.56 Å². The van der Waals surface area contributed by atoms with Gasteiger partial charge in [0.05, 0.1) is 17.3 Å². The zero-order valence-electron chi connectivity index (χ0n) is 8.81. The van der Waals surface area contributed by atoms with Crippen molar-refractivity contribution < 1.29 is 9.52 Å². The highest BCUT2D eigenvalue weighted by Crippen LogP contribution is 2.22. The fourth-order valence-corrected chi connectivity index (χ4v) is 1.81. The van der Waals surface area contributed by atoms with Gasteiger partial charge in [-0.15, -0.1) is 0 Å². The number of phenolic OH excluding ortho intramolecular Hbond substituents is 1.